The second-order valence-electron chi connectivity index (χ2n) is 8.24. The van der Waals surface area contributed by atoms with Gasteiger partial charge < -0.3 is 19.7 Å². The predicted molar refractivity (Wildman–Crippen MR) is 91.6 cm³/mol. The molecular formula is C18H34N2O3. The van der Waals surface area contributed by atoms with Crippen LogP contribution in [0.4, 0.5) is 4.79 Å². The summed E-state index contributed by atoms with van der Waals surface area (Å²) < 4.78 is 11.1. The van der Waals surface area contributed by atoms with Crippen LogP contribution in [0.1, 0.15) is 59.8 Å². The fourth-order valence-corrected chi connectivity index (χ4v) is 3.60. The smallest absolute Gasteiger partial charge is 0.410 e. The molecule has 23 heavy (non-hydrogen) atoms. The summed E-state index contributed by atoms with van der Waals surface area (Å²) in [6, 6.07) is 0.743. The van der Waals surface area contributed by atoms with Crippen LogP contribution in [-0.4, -0.2) is 55.0 Å². The van der Waals surface area contributed by atoms with Crippen molar-refractivity contribution in [3.8, 4) is 0 Å². The molecule has 134 valence electrons. The zero-order valence-corrected chi connectivity index (χ0v) is 15.4. The fourth-order valence-electron chi connectivity index (χ4n) is 3.60. The Morgan fingerprint density at radius 3 is 2.52 bits per heavy atom. The van der Waals surface area contributed by atoms with E-state index < -0.39 is 5.60 Å². The normalized spacial score (nSPS) is 32.7. The molecule has 1 N–H and O–H groups in total. The zero-order valence-electron chi connectivity index (χ0n) is 15.4. The van der Waals surface area contributed by atoms with Crippen molar-refractivity contribution in [2.24, 2.45) is 5.92 Å². The van der Waals surface area contributed by atoms with Gasteiger partial charge in [0, 0.05) is 19.7 Å². The van der Waals surface area contributed by atoms with E-state index in [9.17, 15) is 4.79 Å². The molecule has 1 amide bonds. The molecule has 1 heterocycles. The fraction of sp³-hybridized carbons (Fsp3) is 0.944. The molecule has 1 aliphatic carbocycles. The van der Waals surface area contributed by atoms with Crippen LogP contribution in [0.2, 0.25) is 0 Å². The number of rotatable bonds is 3. The lowest BCUT2D eigenvalue weighted by molar-refractivity contribution is 0.0252. The number of carbonyl (C=O) groups excluding carboxylic acids is 1. The number of amides is 1. The molecule has 0 aromatic carbocycles. The maximum Gasteiger partial charge on any atom is 0.410 e. The highest BCUT2D eigenvalue weighted by Gasteiger charge is 2.38. The predicted octanol–water partition coefficient (Wildman–Crippen LogP) is 3.18. The third-order valence-corrected chi connectivity index (χ3v) is 4.93. The molecule has 1 saturated carbocycles. The first-order valence-corrected chi connectivity index (χ1v) is 9.05. The Hall–Kier alpha value is -0.810. The quantitative estimate of drug-likeness (QED) is 0.809. The standard InChI is InChI=1S/C18H34N2O3/c1-13-7-6-8-14(10-9-13)19-15-11-20(12-16(15)22-5)17(21)23-18(2,3)4/h13-16,19H,6-12H2,1-5H3/t13?,14?,15?,16-/m0/s1. The molecule has 5 heteroatoms. The minimum Gasteiger partial charge on any atom is -0.444 e. The molecule has 1 saturated heterocycles. The van der Waals surface area contributed by atoms with E-state index in [2.05, 4.69) is 12.2 Å². The van der Waals surface area contributed by atoms with Gasteiger partial charge in [-0.3, -0.25) is 0 Å². The zero-order chi connectivity index (χ0) is 17.0. The molecule has 4 atom stereocenters. The summed E-state index contributed by atoms with van der Waals surface area (Å²) in [5.41, 5.74) is -0.456. The van der Waals surface area contributed by atoms with Crippen LogP contribution >= 0.6 is 0 Å². The highest BCUT2D eigenvalue weighted by Crippen LogP contribution is 2.24. The first-order chi connectivity index (χ1) is 10.8. The summed E-state index contributed by atoms with van der Waals surface area (Å²) >= 11 is 0. The van der Waals surface area contributed by atoms with Crippen molar-refractivity contribution in [1.82, 2.24) is 10.2 Å². The van der Waals surface area contributed by atoms with E-state index in [1.54, 1.807) is 12.0 Å². The van der Waals surface area contributed by atoms with Gasteiger partial charge in [0.05, 0.1) is 18.7 Å². The molecule has 3 unspecified atom stereocenters. The number of hydrogen-bond donors (Lipinski definition) is 1. The molecule has 0 aromatic rings. The lowest BCUT2D eigenvalue weighted by Gasteiger charge is -2.25. The molecule has 2 aliphatic rings. The summed E-state index contributed by atoms with van der Waals surface area (Å²) in [6.45, 7) is 9.32. The van der Waals surface area contributed by atoms with Crippen molar-refractivity contribution in [2.75, 3.05) is 20.2 Å². The van der Waals surface area contributed by atoms with E-state index in [1.807, 2.05) is 20.8 Å². The average Bonchev–Trinajstić information content (AvgIpc) is 2.74. The van der Waals surface area contributed by atoms with Crippen molar-refractivity contribution in [3.63, 3.8) is 0 Å². The van der Waals surface area contributed by atoms with Crippen LogP contribution in [0.3, 0.4) is 0 Å². The van der Waals surface area contributed by atoms with Gasteiger partial charge >= 0.3 is 6.09 Å². The van der Waals surface area contributed by atoms with Crippen molar-refractivity contribution >= 4 is 6.09 Å². The summed E-state index contributed by atoms with van der Waals surface area (Å²) in [4.78, 5) is 14.1. The maximum absolute atomic E-state index is 12.3. The van der Waals surface area contributed by atoms with Crippen LogP contribution in [0, 0.1) is 5.92 Å². The van der Waals surface area contributed by atoms with Gasteiger partial charge in [0.1, 0.15) is 5.60 Å². The van der Waals surface area contributed by atoms with Gasteiger partial charge in [0.25, 0.3) is 0 Å². The molecule has 1 aliphatic heterocycles. The van der Waals surface area contributed by atoms with E-state index >= 15 is 0 Å². The number of ether oxygens (including phenoxy) is 2. The van der Waals surface area contributed by atoms with Crippen LogP contribution in [0.15, 0.2) is 0 Å². The average molecular weight is 326 g/mol. The highest BCUT2D eigenvalue weighted by atomic mass is 16.6. The van der Waals surface area contributed by atoms with Gasteiger partial charge in [0.15, 0.2) is 0 Å². The van der Waals surface area contributed by atoms with Gasteiger partial charge in [-0.25, -0.2) is 4.79 Å². The van der Waals surface area contributed by atoms with Gasteiger partial charge in [-0.2, -0.15) is 0 Å². The van der Waals surface area contributed by atoms with E-state index in [-0.39, 0.29) is 18.2 Å². The summed E-state index contributed by atoms with van der Waals surface area (Å²) in [5, 5.41) is 3.75. The second-order valence-corrected chi connectivity index (χ2v) is 8.24. The molecular weight excluding hydrogens is 292 g/mol. The van der Waals surface area contributed by atoms with Gasteiger partial charge in [0.2, 0.25) is 0 Å². The van der Waals surface area contributed by atoms with E-state index in [1.165, 1.54) is 32.1 Å². The molecule has 0 aromatic heterocycles. The summed E-state index contributed by atoms with van der Waals surface area (Å²) in [5.74, 6) is 0.835. The summed E-state index contributed by atoms with van der Waals surface area (Å²) in [6.07, 6.45) is 6.17. The lowest BCUT2D eigenvalue weighted by atomic mass is 10.0. The van der Waals surface area contributed by atoms with Crippen molar-refractivity contribution in [3.05, 3.63) is 0 Å². The number of carbonyl (C=O) groups is 1. The Bertz CT molecular complexity index is 394. The number of likely N-dealkylation sites (tertiary alicyclic amines) is 1. The van der Waals surface area contributed by atoms with Crippen molar-refractivity contribution in [1.29, 1.82) is 0 Å². The monoisotopic (exact) mass is 326 g/mol. The lowest BCUT2D eigenvalue weighted by Crippen LogP contribution is -2.46. The molecule has 2 fully saturated rings. The topological polar surface area (TPSA) is 50.8 Å². The van der Waals surface area contributed by atoms with Crippen LogP contribution in [-0.2, 0) is 9.47 Å². The summed E-state index contributed by atoms with van der Waals surface area (Å²) in [7, 11) is 1.73. The first-order valence-electron chi connectivity index (χ1n) is 9.05. The Balaban J connectivity index is 1.90. The Morgan fingerprint density at radius 1 is 1.13 bits per heavy atom. The van der Waals surface area contributed by atoms with Gasteiger partial charge in [-0.05, 0) is 46.0 Å². The molecule has 2 rings (SSSR count). The minimum atomic E-state index is -0.456. The van der Waals surface area contributed by atoms with Gasteiger partial charge in [-0.15, -0.1) is 0 Å². The number of nitrogens with zero attached hydrogens (tertiary/aromatic N) is 1. The molecule has 0 bridgehead atoms. The number of methoxy groups -OCH3 is 1. The van der Waals surface area contributed by atoms with E-state index in [0.29, 0.717) is 19.1 Å². The second kappa shape index (κ2) is 7.84. The number of nitrogens with one attached hydrogen (secondary N) is 1. The largest absolute Gasteiger partial charge is 0.444 e. The molecule has 5 nitrogen and oxygen atoms in total. The Kier molecular flexibility index (Phi) is 6.32. The van der Waals surface area contributed by atoms with Crippen LogP contribution in [0.25, 0.3) is 0 Å². The van der Waals surface area contributed by atoms with Crippen molar-refractivity contribution < 1.29 is 14.3 Å². The SMILES string of the molecule is CO[C@H]1CN(C(=O)OC(C)(C)C)CC1NC1CCCC(C)CC1. The Morgan fingerprint density at radius 2 is 1.87 bits per heavy atom. The maximum atomic E-state index is 12.3. The van der Waals surface area contributed by atoms with Gasteiger partial charge in [-0.1, -0.05) is 19.8 Å². The van der Waals surface area contributed by atoms with E-state index in [4.69, 9.17) is 9.47 Å². The third kappa shape index (κ3) is 5.64. The first kappa shape index (κ1) is 18.5. The highest BCUT2D eigenvalue weighted by molar-refractivity contribution is 5.68. The van der Waals surface area contributed by atoms with E-state index in [0.717, 1.165) is 5.92 Å². The van der Waals surface area contributed by atoms with Crippen LogP contribution in [0.5, 0.6) is 0 Å². The third-order valence-electron chi connectivity index (χ3n) is 4.93. The Labute approximate surface area is 141 Å². The minimum absolute atomic E-state index is 0.0446. The van der Waals surface area contributed by atoms with Crippen molar-refractivity contribution in [2.45, 2.75) is 83.6 Å². The van der Waals surface area contributed by atoms with Crippen LogP contribution < -0.4 is 5.32 Å². The molecule has 0 radical (unpaired) electrons. The number of hydrogen-bond acceptors (Lipinski definition) is 4. The molecule has 0 spiro atoms.